The van der Waals surface area contributed by atoms with E-state index < -0.39 is 29.4 Å². The maximum absolute atomic E-state index is 15.0. The molecule has 0 saturated heterocycles. The van der Waals surface area contributed by atoms with Crippen LogP contribution in [0, 0.1) is 11.6 Å². The first kappa shape index (κ1) is 31.5. The molecule has 11 nitrogen and oxygen atoms in total. The van der Waals surface area contributed by atoms with E-state index in [4.69, 9.17) is 0 Å². The average molecular weight is 657 g/mol. The number of thiophene rings is 1. The first-order chi connectivity index (χ1) is 22.7. The van der Waals surface area contributed by atoms with Crippen molar-refractivity contribution in [2.45, 2.75) is 20.0 Å². The second-order valence-corrected chi connectivity index (χ2v) is 11.9. The van der Waals surface area contributed by atoms with Crippen LogP contribution in [-0.4, -0.2) is 55.5 Å². The van der Waals surface area contributed by atoms with Crippen molar-refractivity contribution in [3.8, 4) is 21.9 Å². The molecule has 0 aliphatic carbocycles. The van der Waals surface area contributed by atoms with Crippen LogP contribution < -0.4 is 21.9 Å². The normalized spacial score (nSPS) is 11.4. The number of amides is 2. The van der Waals surface area contributed by atoms with Gasteiger partial charge in [-0.3, -0.25) is 9.36 Å². The number of halogens is 2. The molecule has 0 atom stereocenters. The monoisotopic (exact) mass is 656 g/mol. The van der Waals surface area contributed by atoms with Gasteiger partial charge in [-0.2, -0.15) is 5.10 Å². The summed E-state index contributed by atoms with van der Waals surface area (Å²) >= 11 is 1.19. The molecule has 4 heterocycles. The van der Waals surface area contributed by atoms with Gasteiger partial charge >= 0.3 is 11.7 Å². The molecule has 0 aliphatic heterocycles. The third kappa shape index (κ3) is 6.20. The Morgan fingerprint density at radius 3 is 2.34 bits per heavy atom. The number of aromatic nitrogens is 5. The summed E-state index contributed by atoms with van der Waals surface area (Å²) in [7, 11) is 3.71. The van der Waals surface area contributed by atoms with Crippen LogP contribution in [0.25, 0.3) is 32.2 Å². The van der Waals surface area contributed by atoms with E-state index in [9.17, 15) is 23.2 Å². The van der Waals surface area contributed by atoms with Gasteiger partial charge in [0.05, 0.1) is 23.8 Å². The van der Waals surface area contributed by atoms with Gasteiger partial charge in [0.1, 0.15) is 16.5 Å². The molecule has 0 bridgehead atoms. The smallest absolute Gasteiger partial charge is 0.337 e. The first-order valence-corrected chi connectivity index (χ1v) is 15.5. The maximum atomic E-state index is 15.0. The van der Waals surface area contributed by atoms with E-state index in [0.717, 1.165) is 22.3 Å². The molecule has 0 fully saturated rings. The number of carbonyl (C=O) groups is 1. The van der Waals surface area contributed by atoms with Crippen LogP contribution >= 0.6 is 11.3 Å². The Hall–Kier alpha value is -5.47. The number of rotatable bonds is 9. The number of hydrogen-bond acceptors (Lipinski definition) is 7. The Bertz CT molecular complexity index is 2170. The highest BCUT2D eigenvalue weighted by atomic mass is 32.1. The molecule has 2 N–H and O–H groups in total. The van der Waals surface area contributed by atoms with E-state index in [-0.39, 0.29) is 27.5 Å². The zero-order chi connectivity index (χ0) is 33.2. The van der Waals surface area contributed by atoms with Crippen LogP contribution in [0.4, 0.5) is 19.3 Å². The number of nitrogens with one attached hydrogen (secondary N) is 2. The molecule has 0 aliphatic rings. The predicted molar refractivity (Wildman–Crippen MR) is 178 cm³/mol. The minimum absolute atomic E-state index is 0.185. The highest BCUT2D eigenvalue weighted by molar-refractivity contribution is 7.22. The zero-order valence-corrected chi connectivity index (χ0v) is 26.5. The number of nitrogens with zero attached hydrogens (tertiary/aromatic N) is 6. The van der Waals surface area contributed by atoms with Crippen molar-refractivity contribution in [1.82, 2.24) is 34.1 Å². The van der Waals surface area contributed by atoms with Crippen molar-refractivity contribution in [3.05, 3.63) is 123 Å². The molecule has 2 amide bonds. The number of hydrogen-bond donors (Lipinski definition) is 2. The standard InChI is InChI=1S/C33H30F2N8O3S/c1-4-36-32(45)39-21-11-9-20(10-12-21)29-24(18-40(2)3)28-30(44)43(22-13-14-27(37-17-22)42-16-6-15-38-42)33(46)41(31(28)47-29)19-23-25(34)7-5-8-26(23)35/h5-17H,4,18-19H2,1-3H3,(H2,36,39,45). The van der Waals surface area contributed by atoms with E-state index in [2.05, 4.69) is 20.7 Å². The van der Waals surface area contributed by atoms with Gasteiger partial charge in [0.2, 0.25) is 0 Å². The summed E-state index contributed by atoms with van der Waals surface area (Å²) < 4.78 is 33.7. The lowest BCUT2D eigenvalue weighted by Crippen LogP contribution is -2.39. The second-order valence-electron chi connectivity index (χ2n) is 10.9. The predicted octanol–water partition coefficient (Wildman–Crippen LogP) is 4.99. The molecule has 6 rings (SSSR count). The van der Waals surface area contributed by atoms with Crippen LogP contribution in [0.1, 0.15) is 18.1 Å². The summed E-state index contributed by atoms with van der Waals surface area (Å²) in [6.07, 6.45) is 4.69. The van der Waals surface area contributed by atoms with Crippen LogP contribution in [0.15, 0.2) is 88.8 Å². The zero-order valence-electron chi connectivity index (χ0n) is 25.7. The molecule has 47 heavy (non-hydrogen) atoms. The molecule has 2 aromatic carbocycles. The Labute approximate surface area is 271 Å². The van der Waals surface area contributed by atoms with E-state index >= 15 is 0 Å². The maximum Gasteiger partial charge on any atom is 0.337 e. The summed E-state index contributed by atoms with van der Waals surface area (Å²) in [5.74, 6) is -1.15. The van der Waals surface area contributed by atoms with Gasteiger partial charge in [-0.1, -0.05) is 18.2 Å². The Balaban J connectivity index is 1.59. The van der Waals surface area contributed by atoms with Crippen molar-refractivity contribution < 1.29 is 13.6 Å². The highest BCUT2D eigenvalue weighted by Gasteiger charge is 2.25. The van der Waals surface area contributed by atoms with Gasteiger partial charge in [0.25, 0.3) is 5.56 Å². The summed E-state index contributed by atoms with van der Waals surface area (Å²) in [5, 5.41) is 9.85. The van der Waals surface area contributed by atoms with Gasteiger partial charge in [0, 0.05) is 41.6 Å². The van der Waals surface area contributed by atoms with E-state index in [0.29, 0.717) is 35.0 Å². The fourth-order valence-electron chi connectivity index (χ4n) is 5.27. The summed E-state index contributed by atoms with van der Waals surface area (Å²) in [5.41, 5.74) is 0.458. The number of benzene rings is 2. The van der Waals surface area contributed by atoms with E-state index in [1.165, 1.54) is 32.8 Å². The van der Waals surface area contributed by atoms with Gasteiger partial charge in [-0.25, -0.2) is 32.6 Å². The molecule has 14 heteroatoms. The largest absolute Gasteiger partial charge is 0.338 e. The van der Waals surface area contributed by atoms with Crippen LogP contribution in [0.3, 0.4) is 0 Å². The van der Waals surface area contributed by atoms with Crippen LogP contribution in [-0.2, 0) is 13.1 Å². The van der Waals surface area contributed by atoms with Gasteiger partial charge in [-0.15, -0.1) is 11.3 Å². The minimum atomic E-state index is -0.812. The third-order valence-electron chi connectivity index (χ3n) is 7.40. The topological polar surface area (TPSA) is 119 Å². The van der Waals surface area contributed by atoms with Crippen molar-refractivity contribution in [2.24, 2.45) is 0 Å². The first-order valence-electron chi connectivity index (χ1n) is 14.7. The fraction of sp³-hybridized carbons (Fsp3) is 0.182. The highest BCUT2D eigenvalue weighted by Crippen LogP contribution is 2.38. The summed E-state index contributed by atoms with van der Waals surface area (Å²) in [6.45, 7) is 2.16. The molecule has 4 aromatic heterocycles. The van der Waals surface area contributed by atoms with E-state index in [1.54, 1.807) is 54.9 Å². The lowest BCUT2D eigenvalue weighted by atomic mass is 10.1. The molecular formula is C33H30F2N8O3S. The van der Waals surface area contributed by atoms with Crippen molar-refractivity contribution in [1.29, 1.82) is 0 Å². The molecule has 0 spiro atoms. The molecule has 0 radical (unpaired) electrons. The third-order valence-corrected chi connectivity index (χ3v) is 8.70. The molecular weight excluding hydrogens is 626 g/mol. The van der Waals surface area contributed by atoms with Crippen LogP contribution in [0.5, 0.6) is 0 Å². The van der Waals surface area contributed by atoms with Gasteiger partial charge < -0.3 is 15.5 Å². The molecule has 6 aromatic rings. The lowest BCUT2D eigenvalue weighted by Gasteiger charge is -2.15. The average Bonchev–Trinajstić information content (AvgIpc) is 3.71. The van der Waals surface area contributed by atoms with Gasteiger partial charge in [0.15, 0.2) is 5.82 Å². The number of pyridine rings is 1. The Kier molecular flexibility index (Phi) is 8.78. The fourth-order valence-corrected chi connectivity index (χ4v) is 6.57. The second kappa shape index (κ2) is 13.1. The Morgan fingerprint density at radius 1 is 0.979 bits per heavy atom. The van der Waals surface area contributed by atoms with Crippen LogP contribution in [0.2, 0.25) is 0 Å². The van der Waals surface area contributed by atoms with E-state index in [1.807, 2.05) is 25.9 Å². The van der Waals surface area contributed by atoms with Crippen molar-refractivity contribution in [2.75, 3.05) is 26.0 Å². The lowest BCUT2D eigenvalue weighted by molar-refractivity contribution is 0.252. The van der Waals surface area contributed by atoms with Crippen molar-refractivity contribution >= 4 is 33.3 Å². The van der Waals surface area contributed by atoms with Crippen molar-refractivity contribution in [3.63, 3.8) is 0 Å². The minimum Gasteiger partial charge on any atom is -0.338 e. The number of urea groups is 1. The molecule has 240 valence electrons. The number of anilines is 1. The molecule has 0 unspecified atom stereocenters. The quantitative estimate of drug-likeness (QED) is 0.226. The number of carbonyl (C=O) groups excluding carboxylic acids is 1. The SMILES string of the molecule is CCNC(=O)Nc1ccc(-c2sc3c(c2CN(C)C)c(=O)n(-c2ccc(-n4cccn4)nc2)c(=O)n3Cc2c(F)cccc2F)cc1. The van der Waals surface area contributed by atoms with Gasteiger partial charge in [-0.05, 0) is 74.6 Å². The Morgan fingerprint density at radius 2 is 1.72 bits per heavy atom. The molecule has 0 saturated carbocycles. The summed E-state index contributed by atoms with van der Waals surface area (Å²) in [6, 6.07) is 15.2. The number of fused-ring (bicyclic) bond motifs is 1. The summed E-state index contributed by atoms with van der Waals surface area (Å²) in [4.78, 5) is 47.9.